The third-order valence-corrected chi connectivity index (χ3v) is 6.57. The third kappa shape index (κ3) is 6.95. The maximum Gasteiger partial charge on any atom is 0.500 e. The van der Waals surface area contributed by atoms with Crippen molar-refractivity contribution in [2.75, 3.05) is 33.9 Å². The third-order valence-electron chi connectivity index (χ3n) is 3.72. The fourth-order valence-electron chi connectivity index (χ4n) is 2.34. The first kappa shape index (κ1) is 20.0. The van der Waals surface area contributed by atoms with Gasteiger partial charge in [0, 0.05) is 33.4 Å². The lowest BCUT2D eigenvalue weighted by Gasteiger charge is -2.26. The van der Waals surface area contributed by atoms with Crippen molar-refractivity contribution < 1.29 is 13.3 Å². The molecule has 1 aromatic rings. The van der Waals surface area contributed by atoms with Gasteiger partial charge in [-0.05, 0) is 37.1 Å². The van der Waals surface area contributed by atoms with E-state index in [1.54, 1.807) is 14.2 Å². The first-order valence-corrected chi connectivity index (χ1v) is 10.00. The van der Waals surface area contributed by atoms with Gasteiger partial charge in [-0.3, -0.25) is 0 Å². The van der Waals surface area contributed by atoms with Gasteiger partial charge in [0.25, 0.3) is 0 Å². The smallest absolute Gasteiger partial charge is 0.377 e. The fourth-order valence-corrected chi connectivity index (χ4v) is 4.36. The molecule has 0 fully saturated rings. The van der Waals surface area contributed by atoms with Gasteiger partial charge < -0.3 is 24.3 Å². The quantitative estimate of drug-likeness (QED) is 0.427. The Morgan fingerprint density at radius 3 is 2.61 bits per heavy atom. The van der Waals surface area contributed by atoms with E-state index in [-0.39, 0.29) is 0 Å². The number of nitrogens with two attached hydrogens (primary N) is 1. The molecule has 0 unspecified atom stereocenters. The fraction of sp³-hybridized carbons (Fsp3) is 0.529. The molecular formula is C17H30N2O3Si. The van der Waals surface area contributed by atoms with Crippen LogP contribution < -0.4 is 11.1 Å². The Hall–Kier alpha value is -1.02. The van der Waals surface area contributed by atoms with Crippen LogP contribution in [0.25, 0.3) is 6.08 Å². The van der Waals surface area contributed by atoms with E-state index < -0.39 is 8.80 Å². The van der Waals surface area contributed by atoms with E-state index in [0.29, 0.717) is 13.2 Å². The zero-order chi connectivity index (χ0) is 17.0. The molecule has 1 aromatic carbocycles. The summed E-state index contributed by atoms with van der Waals surface area (Å²) in [7, 11) is 0.778. The second-order valence-corrected chi connectivity index (χ2v) is 8.24. The van der Waals surface area contributed by atoms with Crippen LogP contribution >= 0.6 is 0 Å². The summed E-state index contributed by atoms with van der Waals surface area (Å²) in [6.45, 7) is 6.75. The van der Waals surface area contributed by atoms with Gasteiger partial charge in [0.1, 0.15) is 0 Å². The summed E-state index contributed by atoms with van der Waals surface area (Å²) in [4.78, 5) is 0. The van der Waals surface area contributed by atoms with Crippen LogP contribution in [0.2, 0.25) is 6.04 Å². The molecule has 0 atom stereocenters. The number of benzene rings is 1. The molecule has 5 nitrogen and oxygen atoms in total. The van der Waals surface area contributed by atoms with E-state index in [2.05, 4.69) is 24.0 Å². The van der Waals surface area contributed by atoms with Crippen molar-refractivity contribution >= 4 is 14.9 Å². The second kappa shape index (κ2) is 11.5. The Bertz CT molecular complexity index is 453. The number of hydrogen-bond acceptors (Lipinski definition) is 5. The Morgan fingerprint density at radius 1 is 1.22 bits per heavy atom. The minimum absolute atomic E-state index is 0.588. The lowest BCUT2D eigenvalue weighted by atomic mass is 10.1. The van der Waals surface area contributed by atoms with E-state index in [1.165, 1.54) is 11.1 Å². The molecule has 23 heavy (non-hydrogen) atoms. The van der Waals surface area contributed by atoms with Crippen molar-refractivity contribution in [1.29, 1.82) is 0 Å². The summed E-state index contributed by atoms with van der Waals surface area (Å²) in [5.74, 6) is 0. The molecular weight excluding hydrogens is 308 g/mol. The van der Waals surface area contributed by atoms with E-state index in [9.17, 15) is 0 Å². The van der Waals surface area contributed by atoms with Crippen LogP contribution in [-0.2, 0) is 19.8 Å². The molecule has 0 aliphatic carbocycles. The summed E-state index contributed by atoms with van der Waals surface area (Å²) in [6, 6.07) is 9.05. The normalized spacial score (nSPS) is 11.6. The van der Waals surface area contributed by atoms with Gasteiger partial charge in [0.2, 0.25) is 0 Å². The van der Waals surface area contributed by atoms with Crippen LogP contribution in [-0.4, -0.2) is 42.7 Å². The van der Waals surface area contributed by atoms with Gasteiger partial charge in [-0.15, -0.1) is 0 Å². The predicted octanol–water partition coefficient (Wildman–Crippen LogP) is 2.41. The molecule has 0 spiro atoms. The van der Waals surface area contributed by atoms with Crippen LogP contribution in [0.3, 0.4) is 0 Å². The lowest BCUT2D eigenvalue weighted by molar-refractivity contribution is 0.0971. The van der Waals surface area contributed by atoms with Gasteiger partial charge in [-0.1, -0.05) is 36.9 Å². The Labute approximate surface area is 141 Å². The van der Waals surface area contributed by atoms with Crippen LogP contribution in [0.1, 0.15) is 24.0 Å². The second-order valence-electron chi connectivity index (χ2n) is 5.27. The molecule has 0 heterocycles. The van der Waals surface area contributed by atoms with Gasteiger partial charge in [0.15, 0.2) is 0 Å². The van der Waals surface area contributed by atoms with Crippen LogP contribution in [0.4, 0.5) is 0 Å². The molecule has 0 saturated carbocycles. The van der Waals surface area contributed by atoms with E-state index in [4.69, 9.17) is 19.0 Å². The predicted molar refractivity (Wildman–Crippen MR) is 97.1 cm³/mol. The molecule has 0 amide bonds. The summed E-state index contributed by atoms with van der Waals surface area (Å²) in [5.41, 5.74) is 7.92. The molecule has 0 bridgehead atoms. The van der Waals surface area contributed by atoms with Crippen molar-refractivity contribution in [3.8, 4) is 0 Å². The first-order chi connectivity index (χ1) is 11.2. The molecule has 130 valence electrons. The van der Waals surface area contributed by atoms with Crippen LogP contribution in [0.15, 0.2) is 30.8 Å². The average molecular weight is 339 g/mol. The van der Waals surface area contributed by atoms with Crippen LogP contribution in [0, 0.1) is 0 Å². The van der Waals surface area contributed by atoms with E-state index >= 15 is 0 Å². The van der Waals surface area contributed by atoms with Gasteiger partial charge >= 0.3 is 8.80 Å². The minimum Gasteiger partial charge on any atom is -0.377 e. The SMILES string of the molecule is C=Cc1ccccc1CNCCC[Si](OC)(OC)OCCCN. The van der Waals surface area contributed by atoms with Crippen molar-refractivity contribution in [3.63, 3.8) is 0 Å². The zero-order valence-corrected chi connectivity index (χ0v) is 15.3. The molecule has 0 aliphatic rings. The average Bonchev–Trinajstić information content (AvgIpc) is 2.60. The molecule has 3 N–H and O–H groups in total. The summed E-state index contributed by atoms with van der Waals surface area (Å²) < 4.78 is 16.9. The molecule has 0 aliphatic heterocycles. The van der Waals surface area contributed by atoms with Gasteiger partial charge in [-0.2, -0.15) is 0 Å². The largest absolute Gasteiger partial charge is 0.500 e. The van der Waals surface area contributed by atoms with Gasteiger partial charge in [0.05, 0.1) is 0 Å². The topological polar surface area (TPSA) is 65.7 Å². The minimum atomic E-state index is -2.54. The maximum absolute atomic E-state index is 5.84. The Morgan fingerprint density at radius 2 is 1.96 bits per heavy atom. The highest BCUT2D eigenvalue weighted by atomic mass is 28.4. The van der Waals surface area contributed by atoms with Crippen molar-refractivity contribution in [1.82, 2.24) is 5.32 Å². The number of nitrogens with one attached hydrogen (secondary N) is 1. The number of rotatable bonds is 13. The molecule has 6 heteroatoms. The Kier molecular flexibility index (Phi) is 10.0. The van der Waals surface area contributed by atoms with Crippen LogP contribution in [0.5, 0.6) is 0 Å². The molecule has 0 radical (unpaired) electrons. The first-order valence-electron chi connectivity index (χ1n) is 8.06. The Balaban J connectivity index is 2.34. The van der Waals surface area contributed by atoms with Crippen molar-refractivity contribution in [2.45, 2.75) is 25.4 Å². The van der Waals surface area contributed by atoms with E-state index in [1.807, 2.05) is 18.2 Å². The highest BCUT2D eigenvalue weighted by Crippen LogP contribution is 2.16. The molecule has 0 saturated heterocycles. The summed E-state index contributed by atoms with van der Waals surface area (Å²) in [6.07, 6.45) is 3.64. The highest BCUT2D eigenvalue weighted by Gasteiger charge is 2.38. The molecule has 1 rings (SSSR count). The van der Waals surface area contributed by atoms with Crippen molar-refractivity contribution in [2.24, 2.45) is 5.73 Å². The lowest BCUT2D eigenvalue weighted by Crippen LogP contribution is -2.44. The van der Waals surface area contributed by atoms with E-state index in [0.717, 1.165) is 32.0 Å². The highest BCUT2D eigenvalue weighted by molar-refractivity contribution is 6.60. The number of hydrogen-bond donors (Lipinski definition) is 2. The monoisotopic (exact) mass is 338 g/mol. The molecule has 0 aromatic heterocycles. The summed E-state index contributed by atoms with van der Waals surface area (Å²) in [5, 5.41) is 3.45. The standard InChI is InChI=1S/C17H30N2O3Si/c1-4-16-9-5-6-10-17(16)15-19-12-8-14-23(20-2,21-3)22-13-7-11-18/h4-6,9-10,19H,1,7-8,11-15,18H2,2-3H3. The summed E-state index contributed by atoms with van der Waals surface area (Å²) >= 11 is 0. The maximum atomic E-state index is 5.84. The van der Waals surface area contributed by atoms with Crippen molar-refractivity contribution in [3.05, 3.63) is 42.0 Å². The zero-order valence-electron chi connectivity index (χ0n) is 14.3. The van der Waals surface area contributed by atoms with Gasteiger partial charge in [-0.25, -0.2) is 0 Å².